The molecule has 30 heavy (non-hydrogen) atoms. The largest absolute Gasteiger partial charge is 0.465 e. The van der Waals surface area contributed by atoms with Gasteiger partial charge in [-0.3, -0.25) is 4.90 Å². The van der Waals surface area contributed by atoms with Gasteiger partial charge in [0.25, 0.3) is 0 Å². The first-order valence-electron chi connectivity index (χ1n) is 11.4. The van der Waals surface area contributed by atoms with E-state index in [4.69, 9.17) is 0 Å². The molecular weight excluding hydrogens is 376 g/mol. The maximum atomic E-state index is 12.1. The number of aliphatic hydroxyl groups is 1. The fourth-order valence-electron chi connectivity index (χ4n) is 4.77. The molecule has 0 heterocycles. The van der Waals surface area contributed by atoms with Gasteiger partial charge in [-0.05, 0) is 69.8 Å². The van der Waals surface area contributed by atoms with Crippen LogP contribution in [-0.2, 0) is 6.42 Å². The zero-order valence-corrected chi connectivity index (χ0v) is 19.7. The summed E-state index contributed by atoms with van der Waals surface area (Å²) in [5.41, 5.74) is 0.777. The Morgan fingerprint density at radius 3 is 2.10 bits per heavy atom. The van der Waals surface area contributed by atoms with Crippen LogP contribution in [0.3, 0.4) is 0 Å². The van der Waals surface area contributed by atoms with Gasteiger partial charge in [-0.2, -0.15) is 0 Å². The highest BCUT2D eigenvalue weighted by Gasteiger charge is 2.37. The van der Waals surface area contributed by atoms with Crippen molar-refractivity contribution in [3.8, 4) is 0 Å². The van der Waals surface area contributed by atoms with Crippen molar-refractivity contribution >= 4 is 6.09 Å². The number of hydrogen-bond acceptors (Lipinski definition) is 3. The lowest BCUT2D eigenvalue weighted by Crippen LogP contribution is -2.58. The number of benzene rings is 1. The molecule has 0 bridgehead atoms. The highest BCUT2D eigenvalue weighted by atomic mass is 16.4. The zero-order valence-electron chi connectivity index (χ0n) is 19.7. The molecule has 5 nitrogen and oxygen atoms in total. The number of hydrogen-bond donors (Lipinski definition) is 3. The van der Waals surface area contributed by atoms with E-state index in [-0.39, 0.29) is 0 Å². The van der Waals surface area contributed by atoms with Crippen molar-refractivity contribution in [1.29, 1.82) is 0 Å². The predicted molar refractivity (Wildman–Crippen MR) is 123 cm³/mol. The third kappa shape index (κ3) is 6.98. The first-order chi connectivity index (χ1) is 13.9. The second-order valence-corrected chi connectivity index (χ2v) is 11.0. The van der Waals surface area contributed by atoms with Crippen LogP contribution in [0.2, 0.25) is 0 Å². The minimum atomic E-state index is -0.992. The zero-order chi connectivity index (χ0) is 22.5. The molecule has 1 aliphatic rings. The Labute approximate surface area is 182 Å². The SMILES string of the molecule is CC(C)(C)C1CCC(NC[C@H](O)[C@H](Cc2ccccc2)N(C(=O)O)C(C)(C)C)CC1. The van der Waals surface area contributed by atoms with E-state index in [0.29, 0.717) is 24.4 Å². The normalized spacial score (nSPS) is 22.4. The topological polar surface area (TPSA) is 72.8 Å². The highest BCUT2D eigenvalue weighted by Crippen LogP contribution is 2.37. The molecule has 1 amide bonds. The van der Waals surface area contributed by atoms with Gasteiger partial charge in [0.15, 0.2) is 0 Å². The van der Waals surface area contributed by atoms with E-state index < -0.39 is 23.8 Å². The van der Waals surface area contributed by atoms with Gasteiger partial charge >= 0.3 is 6.09 Å². The van der Waals surface area contributed by atoms with Gasteiger partial charge in [0.2, 0.25) is 0 Å². The quantitative estimate of drug-likeness (QED) is 0.587. The Kier molecular flexibility index (Phi) is 8.35. The molecule has 1 fully saturated rings. The fourth-order valence-corrected chi connectivity index (χ4v) is 4.77. The smallest absolute Gasteiger partial charge is 0.408 e. The molecule has 0 saturated heterocycles. The first-order valence-corrected chi connectivity index (χ1v) is 11.4. The average molecular weight is 419 g/mol. The van der Waals surface area contributed by atoms with Crippen LogP contribution in [0.5, 0.6) is 0 Å². The average Bonchev–Trinajstić information content (AvgIpc) is 2.64. The minimum absolute atomic E-state index is 0.347. The van der Waals surface area contributed by atoms with Gasteiger partial charge in [0.05, 0.1) is 12.1 Å². The number of aliphatic hydroxyl groups excluding tert-OH is 1. The molecule has 2 rings (SSSR count). The van der Waals surface area contributed by atoms with Crippen molar-refractivity contribution in [2.24, 2.45) is 11.3 Å². The molecule has 1 aromatic rings. The summed E-state index contributed by atoms with van der Waals surface area (Å²) in [6, 6.07) is 9.71. The monoisotopic (exact) mass is 418 g/mol. The first kappa shape index (κ1) is 24.7. The fraction of sp³-hybridized carbons (Fsp3) is 0.720. The van der Waals surface area contributed by atoms with E-state index in [2.05, 4.69) is 26.1 Å². The van der Waals surface area contributed by atoms with Crippen molar-refractivity contribution in [1.82, 2.24) is 10.2 Å². The second-order valence-electron chi connectivity index (χ2n) is 11.0. The molecule has 0 unspecified atom stereocenters. The third-order valence-corrected chi connectivity index (χ3v) is 6.56. The molecule has 5 heteroatoms. The Balaban J connectivity index is 2.05. The van der Waals surface area contributed by atoms with Crippen LogP contribution in [0, 0.1) is 11.3 Å². The van der Waals surface area contributed by atoms with E-state index >= 15 is 0 Å². The van der Waals surface area contributed by atoms with Crippen LogP contribution in [0.25, 0.3) is 0 Å². The Bertz CT molecular complexity index is 655. The number of rotatable bonds is 7. The second kappa shape index (κ2) is 10.1. The number of carboxylic acid groups (broad SMARTS) is 1. The van der Waals surface area contributed by atoms with Crippen LogP contribution < -0.4 is 5.32 Å². The van der Waals surface area contributed by atoms with Crippen molar-refractivity contribution in [2.45, 2.75) is 97.4 Å². The van der Waals surface area contributed by atoms with Crippen molar-refractivity contribution in [3.05, 3.63) is 35.9 Å². The van der Waals surface area contributed by atoms with E-state index in [9.17, 15) is 15.0 Å². The van der Waals surface area contributed by atoms with Gasteiger partial charge in [-0.25, -0.2) is 4.79 Å². The molecular formula is C25H42N2O3. The Hall–Kier alpha value is -1.59. The molecule has 1 aliphatic carbocycles. The molecule has 2 atom stereocenters. The van der Waals surface area contributed by atoms with E-state index in [1.165, 1.54) is 17.7 Å². The standard InChI is InChI=1S/C25H42N2O3/c1-24(2,3)19-12-14-20(15-13-19)26-17-22(28)21(16-18-10-8-7-9-11-18)27(23(29)30)25(4,5)6/h7-11,19-22,26,28H,12-17H2,1-6H3,(H,29,30)/t19?,20?,21-,22-/m0/s1. The Morgan fingerprint density at radius 1 is 1.07 bits per heavy atom. The lowest BCUT2D eigenvalue weighted by molar-refractivity contribution is 0.00598. The van der Waals surface area contributed by atoms with Gasteiger partial charge in [0, 0.05) is 18.1 Å². The molecule has 170 valence electrons. The van der Waals surface area contributed by atoms with Crippen molar-refractivity contribution in [2.75, 3.05) is 6.54 Å². The van der Waals surface area contributed by atoms with E-state index in [0.717, 1.165) is 24.3 Å². The van der Waals surface area contributed by atoms with Crippen LogP contribution in [0.4, 0.5) is 4.79 Å². The molecule has 0 spiro atoms. The number of amides is 1. The summed E-state index contributed by atoms with van der Waals surface area (Å²) < 4.78 is 0. The maximum Gasteiger partial charge on any atom is 0.408 e. The molecule has 0 aromatic heterocycles. The Morgan fingerprint density at radius 2 is 1.63 bits per heavy atom. The molecule has 0 radical (unpaired) electrons. The van der Waals surface area contributed by atoms with E-state index in [1.54, 1.807) is 0 Å². The van der Waals surface area contributed by atoms with Gasteiger partial charge in [0.1, 0.15) is 0 Å². The minimum Gasteiger partial charge on any atom is -0.465 e. The number of nitrogens with zero attached hydrogens (tertiary/aromatic N) is 1. The van der Waals surface area contributed by atoms with Crippen LogP contribution in [0.1, 0.15) is 72.8 Å². The molecule has 1 aromatic carbocycles. The number of carbonyl (C=O) groups is 1. The summed E-state index contributed by atoms with van der Waals surface area (Å²) in [4.78, 5) is 13.5. The summed E-state index contributed by atoms with van der Waals surface area (Å²) in [6.45, 7) is 13.0. The van der Waals surface area contributed by atoms with Crippen molar-refractivity contribution in [3.63, 3.8) is 0 Å². The van der Waals surface area contributed by atoms with Gasteiger partial charge in [-0.1, -0.05) is 51.1 Å². The lowest BCUT2D eigenvalue weighted by Gasteiger charge is -2.42. The van der Waals surface area contributed by atoms with Crippen LogP contribution >= 0.6 is 0 Å². The summed E-state index contributed by atoms with van der Waals surface area (Å²) >= 11 is 0. The van der Waals surface area contributed by atoms with Crippen molar-refractivity contribution < 1.29 is 15.0 Å². The summed E-state index contributed by atoms with van der Waals surface area (Å²) in [6.07, 6.45) is 3.35. The van der Waals surface area contributed by atoms with Gasteiger partial charge in [-0.15, -0.1) is 0 Å². The molecule has 0 aliphatic heterocycles. The number of nitrogens with one attached hydrogen (secondary N) is 1. The highest BCUT2D eigenvalue weighted by molar-refractivity contribution is 5.66. The van der Waals surface area contributed by atoms with Gasteiger partial charge < -0.3 is 15.5 Å². The maximum absolute atomic E-state index is 12.1. The summed E-state index contributed by atoms with van der Waals surface area (Å²) in [7, 11) is 0. The van der Waals surface area contributed by atoms with Crippen LogP contribution in [-0.4, -0.2) is 51.5 Å². The molecule has 3 N–H and O–H groups in total. The third-order valence-electron chi connectivity index (χ3n) is 6.56. The molecule has 1 saturated carbocycles. The predicted octanol–water partition coefficient (Wildman–Crippen LogP) is 4.93. The summed E-state index contributed by atoms with van der Waals surface area (Å²) in [5.74, 6) is 0.745. The van der Waals surface area contributed by atoms with E-state index in [1.807, 2.05) is 51.1 Å². The lowest BCUT2D eigenvalue weighted by atomic mass is 9.71. The summed E-state index contributed by atoms with van der Waals surface area (Å²) in [5, 5.41) is 24.6. The van der Waals surface area contributed by atoms with Crippen LogP contribution in [0.15, 0.2) is 30.3 Å².